The lowest BCUT2D eigenvalue weighted by Crippen LogP contribution is -2.49. The van der Waals surface area contributed by atoms with Gasteiger partial charge in [0.15, 0.2) is 0 Å². The van der Waals surface area contributed by atoms with Crippen LogP contribution in [-0.2, 0) is 6.54 Å². The second kappa shape index (κ2) is 6.15. The number of rotatable bonds is 4. The maximum Gasteiger partial charge on any atom is 0.0795 e. The van der Waals surface area contributed by atoms with Gasteiger partial charge in [0.2, 0.25) is 0 Å². The van der Waals surface area contributed by atoms with Gasteiger partial charge in [0, 0.05) is 30.7 Å². The normalized spacial score (nSPS) is 19.9. The Morgan fingerprint density at radius 1 is 1.28 bits per heavy atom. The molecule has 0 radical (unpaired) electrons. The number of piperidine rings is 1. The Morgan fingerprint density at radius 2 is 1.89 bits per heavy atom. The predicted molar refractivity (Wildman–Crippen MR) is 77.5 cm³/mol. The highest BCUT2D eigenvalue weighted by atomic mass is 79.9. The van der Waals surface area contributed by atoms with Crippen LogP contribution in [-0.4, -0.2) is 42.3 Å². The van der Waals surface area contributed by atoms with Crippen molar-refractivity contribution in [2.45, 2.75) is 25.0 Å². The van der Waals surface area contributed by atoms with Gasteiger partial charge < -0.3 is 10.4 Å². The molecular weight excluding hydrogens is 292 g/mol. The summed E-state index contributed by atoms with van der Waals surface area (Å²) in [5, 5.41) is 13.4. The van der Waals surface area contributed by atoms with Crippen molar-refractivity contribution in [2.24, 2.45) is 0 Å². The van der Waals surface area contributed by atoms with Crippen molar-refractivity contribution in [2.75, 3.05) is 26.7 Å². The summed E-state index contributed by atoms with van der Waals surface area (Å²) >= 11 is 3.45. The molecule has 0 bridgehead atoms. The Morgan fingerprint density at radius 3 is 2.44 bits per heavy atom. The van der Waals surface area contributed by atoms with Crippen LogP contribution in [0, 0.1) is 0 Å². The molecule has 0 aromatic heterocycles. The minimum atomic E-state index is -0.509. The Labute approximate surface area is 117 Å². The summed E-state index contributed by atoms with van der Waals surface area (Å²) < 4.78 is 1.12. The third-order valence-corrected chi connectivity index (χ3v) is 4.14. The zero-order valence-corrected chi connectivity index (χ0v) is 12.4. The topological polar surface area (TPSA) is 35.5 Å². The van der Waals surface area contributed by atoms with Crippen LogP contribution in [0.2, 0.25) is 0 Å². The third kappa shape index (κ3) is 3.79. The molecule has 0 amide bonds. The number of likely N-dealkylation sites (tertiary alicyclic amines) is 1. The van der Waals surface area contributed by atoms with E-state index in [1.807, 2.05) is 7.05 Å². The monoisotopic (exact) mass is 312 g/mol. The van der Waals surface area contributed by atoms with Gasteiger partial charge in [-0.1, -0.05) is 28.1 Å². The zero-order chi connectivity index (χ0) is 13.0. The lowest BCUT2D eigenvalue weighted by Gasteiger charge is -2.38. The number of likely N-dealkylation sites (N-methyl/N-ethyl adjacent to an activating group) is 1. The summed E-state index contributed by atoms with van der Waals surface area (Å²) in [6, 6.07) is 8.46. The Balaban J connectivity index is 1.85. The molecule has 2 N–H and O–H groups in total. The van der Waals surface area contributed by atoms with Crippen molar-refractivity contribution >= 4 is 15.9 Å². The van der Waals surface area contributed by atoms with Crippen LogP contribution in [0.3, 0.4) is 0 Å². The molecule has 1 heterocycles. The molecule has 0 spiro atoms. The third-order valence-electron chi connectivity index (χ3n) is 3.61. The number of aliphatic hydroxyl groups is 1. The number of hydrogen-bond acceptors (Lipinski definition) is 3. The molecule has 0 unspecified atom stereocenters. The highest BCUT2D eigenvalue weighted by Gasteiger charge is 2.31. The van der Waals surface area contributed by atoms with Crippen LogP contribution in [0.5, 0.6) is 0 Å². The first-order valence-corrected chi connectivity index (χ1v) is 7.24. The average Bonchev–Trinajstić information content (AvgIpc) is 2.35. The molecule has 1 saturated heterocycles. The van der Waals surface area contributed by atoms with Crippen LogP contribution >= 0.6 is 15.9 Å². The summed E-state index contributed by atoms with van der Waals surface area (Å²) in [4.78, 5) is 2.41. The molecule has 1 aliphatic heterocycles. The molecule has 1 aromatic carbocycles. The van der Waals surface area contributed by atoms with Gasteiger partial charge in [0.1, 0.15) is 0 Å². The van der Waals surface area contributed by atoms with Crippen molar-refractivity contribution < 1.29 is 5.11 Å². The summed E-state index contributed by atoms with van der Waals surface area (Å²) in [5.74, 6) is 0. The molecule has 1 fully saturated rings. The van der Waals surface area contributed by atoms with E-state index in [-0.39, 0.29) is 0 Å². The number of nitrogens with zero attached hydrogens (tertiary/aromatic N) is 1. The number of benzene rings is 1. The van der Waals surface area contributed by atoms with E-state index in [0.717, 1.165) is 36.9 Å². The van der Waals surface area contributed by atoms with Gasteiger partial charge in [0.05, 0.1) is 5.60 Å². The molecule has 4 heteroatoms. The lowest BCUT2D eigenvalue weighted by atomic mass is 9.91. The van der Waals surface area contributed by atoms with E-state index >= 15 is 0 Å². The van der Waals surface area contributed by atoms with Gasteiger partial charge in [-0.15, -0.1) is 0 Å². The van der Waals surface area contributed by atoms with Crippen LogP contribution in [0.25, 0.3) is 0 Å². The molecule has 18 heavy (non-hydrogen) atoms. The molecule has 0 saturated carbocycles. The summed E-state index contributed by atoms with van der Waals surface area (Å²) in [6.07, 6.45) is 1.70. The lowest BCUT2D eigenvalue weighted by molar-refractivity contribution is -0.0203. The van der Waals surface area contributed by atoms with Crippen molar-refractivity contribution in [3.05, 3.63) is 34.3 Å². The van der Waals surface area contributed by atoms with Gasteiger partial charge >= 0.3 is 0 Å². The van der Waals surface area contributed by atoms with Gasteiger partial charge in [0.25, 0.3) is 0 Å². The number of nitrogens with one attached hydrogen (secondary N) is 1. The highest BCUT2D eigenvalue weighted by Crippen LogP contribution is 2.23. The maximum absolute atomic E-state index is 10.3. The van der Waals surface area contributed by atoms with Gasteiger partial charge in [-0.3, -0.25) is 4.90 Å². The van der Waals surface area contributed by atoms with Crippen LogP contribution < -0.4 is 5.32 Å². The highest BCUT2D eigenvalue weighted by molar-refractivity contribution is 9.10. The molecule has 1 aromatic rings. The molecule has 0 aliphatic carbocycles. The molecule has 2 rings (SSSR count). The van der Waals surface area contributed by atoms with E-state index in [1.165, 1.54) is 5.56 Å². The quantitative estimate of drug-likeness (QED) is 0.892. The zero-order valence-electron chi connectivity index (χ0n) is 10.8. The molecule has 1 aliphatic rings. The molecular formula is C14H21BrN2O. The number of halogens is 1. The summed E-state index contributed by atoms with van der Waals surface area (Å²) in [6.45, 7) is 3.60. The molecule has 100 valence electrons. The van der Waals surface area contributed by atoms with E-state index in [1.54, 1.807) is 0 Å². The number of hydrogen-bond donors (Lipinski definition) is 2. The standard InChI is InChI=1S/C14H21BrN2O/c1-16-11-14(18)6-8-17(9-7-14)10-12-2-4-13(15)5-3-12/h2-5,16,18H,6-11H2,1H3. The minimum absolute atomic E-state index is 0.509. The SMILES string of the molecule is CNCC1(O)CCN(Cc2ccc(Br)cc2)CC1. The second-order valence-electron chi connectivity index (χ2n) is 5.16. The Bertz CT molecular complexity index is 372. The molecule has 0 atom stereocenters. The van der Waals surface area contributed by atoms with E-state index in [0.29, 0.717) is 6.54 Å². The van der Waals surface area contributed by atoms with E-state index in [4.69, 9.17) is 0 Å². The fourth-order valence-corrected chi connectivity index (χ4v) is 2.75. The smallest absolute Gasteiger partial charge is 0.0795 e. The van der Waals surface area contributed by atoms with Crippen LogP contribution in [0.1, 0.15) is 18.4 Å². The Kier molecular flexibility index (Phi) is 4.78. The van der Waals surface area contributed by atoms with Crippen LogP contribution in [0.4, 0.5) is 0 Å². The maximum atomic E-state index is 10.3. The van der Waals surface area contributed by atoms with Crippen molar-refractivity contribution in [3.63, 3.8) is 0 Å². The van der Waals surface area contributed by atoms with Gasteiger partial charge in [-0.2, -0.15) is 0 Å². The Hall–Kier alpha value is -0.420. The average molecular weight is 313 g/mol. The first-order chi connectivity index (χ1) is 8.61. The minimum Gasteiger partial charge on any atom is -0.388 e. The second-order valence-corrected chi connectivity index (χ2v) is 6.07. The van der Waals surface area contributed by atoms with Crippen molar-refractivity contribution in [1.29, 1.82) is 0 Å². The van der Waals surface area contributed by atoms with Gasteiger partial charge in [-0.25, -0.2) is 0 Å². The largest absolute Gasteiger partial charge is 0.388 e. The summed E-state index contributed by atoms with van der Waals surface area (Å²) in [7, 11) is 1.90. The van der Waals surface area contributed by atoms with Crippen molar-refractivity contribution in [3.8, 4) is 0 Å². The molecule has 3 nitrogen and oxygen atoms in total. The van der Waals surface area contributed by atoms with Gasteiger partial charge in [-0.05, 0) is 37.6 Å². The summed E-state index contributed by atoms with van der Waals surface area (Å²) in [5.41, 5.74) is 0.822. The van der Waals surface area contributed by atoms with E-state index < -0.39 is 5.60 Å². The first kappa shape index (κ1) is 14.0. The van der Waals surface area contributed by atoms with E-state index in [9.17, 15) is 5.11 Å². The van der Waals surface area contributed by atoms with Crippen molar-refractivity contribution in [1.82, 2.24) is 10.2 Å². The van der Waals surface area contributed by atoms with Crippen LogP contribution in [0.15, 0.2) is 28.7 Å². The fraction of sp³-hybridized carbons (Fsp3) is 0.571. The fourth-order valence-electron chi connectivity index (χ4n) is 2.48. The first-order valence-electron chi connectivity index (χ1n) is 6.45. The predicted octanol–water partition coefficient (Wildman–Crippen LogP) is 2.00. The van der Waals surface area contributed by atoms with E-state index in [2.05, 4.69) is 50.4 Å².